The van der Waals surface area contributed by atoms with Crippen LogP contribution in [0.15, 0.2) is 42.5 Å². The lowest BCUT2D eigenvalue weighted by Gasteiger charge is -2.30. The van der Waals surface area contributed by atoms with Crippen molar-refractivity contribution < 1.29 is 19.2 Å². The number of rotatable bonds is 4. The molecule has 0 saturated heterocycles. The van der Waals surface area contributed by atoms with E-state index < -0.39 is 17.0 Å². The lowest BCUT2D eigenvalue weighted by molar-refractivity contribution is -0.384. The van der Waals surface area contributed by atoms with Gasteiger partial charge in [0.05, 0.1) is 10.5 Å². The smallest absolute Gasteiger partial charge is 0.341 e. The first-order valence-corrected chi connectivity index (χ1v) is 8.47. The van der Waals surface area contributed by atoms with E-state index in [0.717, 1.165) is 18.1 Å². The van der Waals surface area contributed by atoms with E-state index in [4.69, 9.17) is 10.5 Å². The van der Waals surface area contributed by atoms with Crippen LogP contribution < -0.4 is 5.73 Å². The maximum Gasteiger partial charge on any atom is 0.341 e. The van der Waals surface area contributed by atoms with Crippen molar-refractivity contribution >= 4 is 23.3 Å². The number of carbonyl (C=O) groups is 2. The van der Waals surface area contributed by atoms with Gasteiger partial charge in [-0.05, 0) is 30.5 Å². The van der Waals surface area contributed by atoms with Crippen LogP contribution in [0.5, 0.6) is 0 Å². The standard InChI is InChI=1S/C19H19N3O5/c1-12(18(23)21-9-8-13-4-2-3-5-14(13)11-21)27-19(24)16-10-15(22(25)26)6-7-17(16)20/h2-7,10,12H,8-9,11,20H2,1H3. The van der Waals surface area contributed by atoms with Crippen molar-refractivity contribution in [3.05, 3.63) is 69.3 Å². The molecule has 0 aliphatic carbocycles. The first-order valence-electron chi connectivity index (χ1n) is 8.47. The van der Waals surface area contributed by atoms with Crippen molar-refractivity contribution in [2.45, 2.75) is 26.0 Å². The van der Waals surface area contributed by atoms with Crippen LogP contribution in [0.4, 0.5) is 11.4 Å². The Hall–Kier alpha value is -3.42. The molecule has 27 heavy (non-hydrogen) atoms. The number of anilines is 1. The highest BCUT2D eigenvalue weighted by Gasteiger charge is 2.28. The predicted molar refractivity (Wildman–Crippen MR) is 97.9 cm³/mol. The highest BCUT2D eigenvalue weighted by Crippen LogP contribution is 2.22. The molecule has 1 unspecified atom stereocenters. The van der Waals surface area contributed by atoms with Crippen molar-refractivity contribution in [2.75, 3.05) is 12.3 Å². The van der Waals surface area contributed by atoms with E-state index in [1.165, 1.54) is 24.6 Å². The number of fused-ring (bicyclic) bond motifs is 1. The zero-order valence-electron chi connectivity index (χ0n) is 14.8. The minimum atomic E-state index is -1.03. The van der Waals surface area contributed by atoms with Gasteiger partial charge in [0.1, 0.15) is 0 Å². The van der Waals surface area contributed by atoms with Gasteiger partial charge in [0.25, 0.3) is 11.6 Å². The van der Waals surface area contributed by atoms with E-state index in [-0.39, 0.29) is 22.8 Å². The quantitative estimate of drug-likeness (QED) is 0.383. The van der Waals surface area contributed by atoms with Crippen LogP contribution in [0, 0.1) is 10.1 Å². The molecule has 0 spiro atoms. The fourth-order valence-electron chi connectivity index (χ4n) is 3.05. The summed E-state index contributed by atoms with van der Waals surface area (Å²) in [6.45, 7) is 2.47. The fraction of sp³-hybridized carbons (Fsp3) is 0.263. The summed E-state index contributed by atoms with van der Waals surface area (Å²) >= 11 is 0. The number of hydrogen-bond donors (Lipinski definition) is 1. The molecule has 0 fully saturated rings. The van der Waals surface area contributed by atoms with Crippen LogP contribution in [0.25, 0.3) is 0 Å². The summed E-state index contributed by atoms with van der Waals surface area (Å²) in [6.07, 6.45) is -0.290. The van der Waals surface area contributed by atoms with Gasteiger partial charge in [-0.15, -0.1) is 0 Å². The lowest BCUT2D eigenvalue weighted by Crippen LogP contribution is -2.42. The molecule has 1 heterocycles. The van der Waals surface area contributed by atoms with Crippen LogP contribution in [-0.2, 0) is 22.5 Å². The number of benzene rings is 2. The molecule has 2 aromatic rings. The predicted octanol–water partition coefficient (Wildman–Crippen LogP) is 2.31. The minimum Gasteiger partial charge on any atom is -0.449 e. The SMILES string of the molecule is CC(OC(=O)c1cc([N+](=O)[O-])ccc1N)C(=O)N1CCc2ccccc2C1. The Morgan fingerprint density at radius 1 is 1.22 bits per heavy atom. The Bertz CT molecular complexity index is 912. The van der Waals surface area contributed by atoms with Crippen molar-refractivity contribution in [3.8, 4) is 0 Å². The third kappa shape index (κ3) is 3.89. The number of esters is 1. The van der Waals surface area contributed by atoms with Crippen LogP contribution >= 0.6 is 0 Å². The number of non-ortho nitro benzene ring substituents is 1. The molecule has 2 aromatic carbocycles. The molecule has 8 nitrogen and oxygen atoms in total. The second-order valence-corrected chi connectivity index (χ2v) is 6.35. The number of hydrogen-bond acceptors (Lipinski definition) is 6. The van der Waals surface area contributed by atoms with Crippen molar-refractivity contribution in [1.82, 2.24) is 4.90 Å². The molecule has 8 heteroatoms. The number of nitrogens with zero attached hydrogens (tertiary/aromatic N) is 2. The molecular formula is C19H19N3O5. The summed E-state index contributed by atoms with van der Waals surface area (Å²) in [5.74, 6) is -1.18. The van der Waals surface area contributed by atoms with E-state index in [2.05, 4.69) is 0 Å². The zero-order valence-corrected chi connectivity index (χ0v) is 14.8. The second-order valence-electron chi connectivity index (χ2n) is 6.35. The fourth-order valence-corrected chi connectivity index (χ4v) is 3.05. The van der Waals surface area contributed by atoms with Gasteiger partial charge in [-0.1, -0.05) is 24.3 Å². The third-order valence-electron chi connectivity index (χ3n) is 4.54. The minimum absolute atomic E-state index is 0.0529. The number of nitrogens with two attached hydrogens (primary N) is 1. The van der Waals surface area contributed by atoms with Gasteiger partial charge in [-0.2, -0.15) is 0 Å². The summed E-state index contributed by atoms with van der Waals surface area (Å²) in [7, 11) is 0. The summed E-state index contributed by atoms with van der Waals surface area (Å²) in [4.78, 5) is 36.9. The summed E-state index contributed by atoms with van der Waals surface area (Å²) in [5.41, 5.74) is 7.64. The molecule has 0 bridgehead atoms. The molecular weight excluding hydrogens is 350 g/mol. The Kier molecular flexibility index (Phi) is 5.07. The summed E-state index contributed by atoms with van der Waals surface area (Å²) < 4.78 is 5.22. The Labute approximate surface area is 155 Å². The van der Waals surface area contributed by atoms with Gasteiger partial charge < -0.3 is 15.4 Å². The first kappa shape index (κ1) is 18.4. The number of amides is 1. The molecule has 0 radical (unpaired) electrons. The number of nitro groups is 1. The number of nitro benzene ring substituents is 1. The molecule has 2 N–H and O–H groups in total. The molecule has 1 atom stereocenters. The van der Waals surface area contributed by atoms with E-state index >= 15 is 0 Å². The normalized spacial score (nSPS) is 14.2. The molecule has 0 saturated carbocycles. The van der Waals surface area contributed by atoms with Crippen LogP contribution in [0.1, 0.15) is 28.4 Å². The van der Waals surface area contributed by atoms with Gasteiger partial charge in [0, 0.05) is 30.9 Å². The summed E-state index contributed by atoms with van der Waals surface area (Å²) in [5, 5.41) is 10.9. The molecule has 140 valence electrons. The maximum absolute atomic E-state index is 12.6. The Morgan fingerprint density at radius 3 is 2.63 bits per heavy atom. The Morgan fingerprint density at radius 2 is 1.93 bits per heavy atom. The molecule has 1 aliphatic rings. The van der Waals surface area contributed by atoms with Gasteiger partial charge in [-0.25, -0.2) is 4.79 Å². The molecule has 0 aromatic heterocycles. The van der Waals surface area contributed by atoms with Crippen LogP contribution in [0.3, 0.4) is 0 Å². The average Bonchev–Trinajstić information content (AvgIpc) is 2.66. The van der Waals surface area contributed by atoms with Gasteiger partial charge in [0.15, 0.2) is 6.10 Å². The van der Waals surface area contributed by atoms with Crippen molar-refractivity contribution in [3.63, 3.8) is 0 Å². The maximum atomic E-state index is 12.6. The topological polar surface area (TPSA) is 116 Å². The number of nitrogen functional groups attached to an aromatic ring is 1. The van der Waals surface area contributed by atoms with E-state index in [0.29, 0.717) is 13.1 Å². The highest BCUT2D eigenvalue weighted by atomic mass is 16.6. The zero-order chi connectivity index (χ0) is 19.6. The number of ether oxygens (including phenoxy) is 1. The van der Waals surface area contributed by atoms with Gasteiger partial charge >= 0.3 is 5.97 Å². The number of carbonyl (C=O) groups excluding carboxylic acids is 2. The highest BCUT2D eigenvalue weighted by molar-refractivity contribution is 5.97. The molecule has 1 amide bonds. The average molecular weight is 369 g/mol. The van der Waals surface area contributed by atoms with E-state index in [1.807, 2.05) is 24.3 Å². The second kappa shape index (κ2) is 7.45. The monoisotopic (exact) mass is 369 g/mol. The van der Waals surface area contributed by atoms with E-state index in [9.17, 15) is 19.7 Å². The lowest BCUT2D eigenvalue weighted by atomic mass is 9.99. The van der Waals surface area contributed by atoms with Crippen LogP contribution in [-0.4, -0.2) is 34.3 Å². The van der Waals surface area contributed by atoms with E-state index in [1.54, 1.807) is 4.90 Å². The van der Waals surface area contributed by atoms with Crippen molar-refractivity contribution in [2.24, 2.45) is 0 Å². The van der Waals surface area contributed by atoms with Gasteiger partial charge in [-0.3, -0.25) is 14.9 Å². The summed E-state index contributed by atoms with van der Waals surface area (Å²) in [6, 6.07) is 11.4. The molecule has 3 rings (SSSR count). The van der Waals surface area contributed by atoms with Crippen LogP contribution in [0.2, 0.25) is 0 Å². The van der Waals surface area contributed by atoms with Crippen molar-refractivity contribution in [1.29, 1.82) is 0 Å². The largest absolute Gasteiger partial charge is 0.449 e. The molecule has 1 aliphatic heterocycles. The van der Waals surface area contributed by atoms with Gasteiger partial charge in [0.2, 0.25) is 0 Å². The Balaban J connectivity index is 1.69. The first-order chi connectivity index (χ1) is 12.9. The third-order valence-corrected chi connectivity index (χ3v) is 4.54.